The van der Waals surface area contributed by atoms with Crippen molar-refractivity contribution in [1.82, 2.24) is 15.3 Å². The predicted octanol–water partition coefficient (Wildman–Crippen LogP) is 12.0. The van der Waals surface area contributed by atoms with E-state index in [0.717, 1.165) is 24.3 Å². The highest BCUT2D eigenvalue weighted by Gasteiger charge is 2.50. The first-order chi connectivity index (χ1) is 26.4. The summed E-state index contributed by atoms with van der Waals surface area (Å²) >= 11 is 0. The van der Waals surface area contributed by atoms with E-state index in [2.05, 4.69) is 212 Å². The molecule has 5 atom stereocenters. The van der Waals surface area contributed by atoms with E-state index in [4.69, 9.17) is 0 Å². The number of anilines is 2. The van der Waals surface area contributed by atoms with Crippen molar-refractivity contribution in [3.05, 3.63) is 197 Å². The summed E-state index contributed by atoms with van der Waals surface area (Å²) in [6.07, 6.45) is 8.22. The minimum absolute atomic E-state index is 0.00822. The number of hydrazine groups is 1. The summed E-state index contributed by atoms with van der Waals surface area (Å²) < 4.78 is 0. The summed E-state index contributed by atoms with van der Waals surface area (Å²) in [5.74, 6) is 0.569. The summed E-state index contributed by atoms with van der Waals surface area (Å²) in [5.41, 5.74) is 16.3. The van der Waals surface area contributed by atoms with Crippen molar-refractivity contribution in [2.24, 2.45) is 5.92 Å². The lowest BCUT2D eigenvalue weighted by molar-refractivity contribution is 0.209. The average molecular weight is 705 g/mol. The number of benzene rings is 6. The zero-order chi connectivity index (χ0) is 36.8. The van der Waals surface area contributed by atoms with Crippen molar-refractivity contribution in [2.75, 3.05) is 12.4 Å². The fourth-order valence-electron chi connectivity index (χ4n) is 8.70. The molecule has 3 aliphatic rings. The topological polar surface area (TPSA) is 30.1 Å². The van der Waals surface area contributed by atoms with Crippen LogP contribution in [0.4, 0.5) is 11.4 Å². The lowest BCUT2D eigenvalue weighted by atomic mass is 9.82. The fourth-order valence-corrected chi connectivity index (χ4v) is 8.70. The van der Waals surface area contributed by atoms with Crippen LogP contribution in [0.25, 0.3) is 27.8 Å². The number of hydrogen-bond acceptors (Lipinski definition) is 4. The van der Waals surface area contributed by atoms with Crippen LogP contribution in [0.3, 0.4) is 0 Å². The number of nitrogens with zero attached hydrogens (tertiary/aromatic N) is 2. The minimum Gasteiger partial charge on any atom is -0.355 e. The van der Waals surface area contributed by atoms with E-state index in [1.54, 1.807) is 0 Å². The third-order valence-electron chi connectivity index (χ3n) is 11.6. The Labute approximate surface area is 320 Å². The summed E-state index contributed by atoms with van der Waals surface area (Å²) in [6.45, 7) is 7.81. The molecular weight excluding hydrogens is 657 g/mol. The molecule has 5 unspecified atom stereocenters. The van der Waals surface area contributed by atoms with Gasteiger partial charge in [-0.2, -0.15) is 5.01 Å². The molecule has 0 aromatic heterocycles. The van der Waals surface area contributed by atoms with Gasteiger partial charge in [-0.25, -0.2) is 5.01 Å². The van der Waals surface area contributed by atoms with E-state index >= 15 is 0 Å². The second-order valence-electron chi connectivity index (χ2n) is 15.6. The summed E-state index contributed by atoms with van der Waals surface area (Å²) in [6, 6.07) is 53.4. The molecule has 0 saturated carbocycles. The molecule has 6 aromatic carbocycles. The lowest BCUT2D eigenvalue weighted by Gasteiger charge is -2.22. The van der Waals surface area contributed by atoms with Crippen LogP contribution in [-0.4, -0.2) is 17.1 Å². The normalized spacial score (nSPS) is 21.1. The maximum absolute atomic E-state index is 3.92. The highest BCUT2D eigenvalue weighted by atomic mass is 15.9. The van der Waals surface area contributed by atoms with Crippen LogP contribution >= 0.6 is 0 Å². The van der Waals surface area contributed by atoms with Crippen LogP contribution in [0.1, 0.15) is 72.9 Å². The van der Waals surface area contributed by atoms with E-state index in [1.165, 1.54) is 61.2 Å². The Morgan fingerprint density at radius 3 is 2.22 bits per heavy atom. The molecule has 0 amide bonds. The molecule has 1 saturated heterocycles. The van der Waals surface area contributed by atoms with Crippen molar-refractivity contribution < 1.29 is 0 Å². The van der Waals surface area contributed by atoms with Crippen molar-refractivity contribution in [1.29, 1.82) is 0 Å². The first kappa shape index (κ1) is 34.3. The van der Waals surface area contributed by atoms with Crippen molar-refractivity contribution >= 4 is 16.9 Å². The molecule has 0 spiro atoms. The monoisotopic (exact) mass is 704 g/mol. The van der Waals surface area contributed by atoms with Gasteiger partial charge in [0.2, 0.25) is 0 Å². The van der Waals surface area contributed by atoms with E-state index in [1.807, 2.05) is 0 Å². The van der Waals surface area contributed by atoms with Crippen LogP contribution in [-0.2, 0) is 12.0 Å². The molecule has 1 aliphatic heterocycles. The van der Waals surface area contributed by atoms with E-state index < -0.39 is 0 Å². The average Bonchev–Trinajstić information content (AvgIpc) is 3.85. The second kappa shape index (κ2) is 14.0. The Balaban J connectivity index is 1.07. The quantitative estimate of drug-likeness (QED) is 0.139. The van der Waals surface area contributed by atoms with Crippen LogP contribution < -0.4 is 10.6 Å². The van der Waals surface area contributed by atoms with Gasteiger partial charge >= 0.3 is 0 Å². The van der Waals surface area contributed by atoms with Gasteiger partial charge in [0.05, 0.1) is 0 Å². The van der Waals surface area contributed by atoms with Gasteiger partial charge in [0, 0.05) is 28.9 Å². The number of hydrogen-bond donors (Lipinski definition) is 2. The zero-order valence-electron chi connectivity index (χ0n) is 31.6. The second-order valence-corrected chi connectivity index (χ2v) is 15.6. The third kappa shape index (κ3) is 6.31. The van der Waals surface area contributed by atoms with Crippen LogP contribution in [0.15, 0.2) is 164 Å². The summed E-state index contributed by atoms with van der Waals surface area (Å²) in [5, 5.41) is 12.5. The van der Waals surface area contributed by atoms with E-state index in [0.29, 0.717) is 5.92 Å². The standard InChI is InChI=1S/C50H48N4/c1-34-22-24-36(25-23-34)38-26-28-42(39-27-29-46-44(31-39)43-20-11-12-21-45(43)50(46,2)3)47(32-38)52-41-19-13-18-40(30-41)48(51-4)54-49(37-16-9-6-10-17-37)53(54)33-35-14-7-5-8-15-35/h5-22,24-32,34,48-49,51-52H,23,33H2,1-4H3. The molecule has 2 N–H and O–H groups in total. The van der Waals surface area contributed by atoms with Gasteiger partial charge in [-0.3, -0.25) is 5.32 Å². The number of nitrogens with one attached hydrogen (secondary N) is 2. The largest absolute Gasteiger partial charge is 0.355 e. The van der Waals surface area contributed by atoms with Crippen LogP contribution in [0, 0.1) is 5.92 Å². The maximum atomic E-state index is 3.92. The van der Waals surface area contributed by atoms with Gasteiger partial charge in [0.1, 0.15) is 12.3 Å². The number of rotatable bonds is 10. The fraction of sp³-hybridized carbons (Fsp3) is 0.200. The Morgan fingerprint density at radius 2 is 1.44 bits per heavy atom. The highest BCUT2D eigenvalue weighted by molar-refractivity contribution is 5.90. The maximum Gasteiger partial charge on any atom is 0.117 e. The smallest absolute Gasteiger partial charge is 0.117 e. The molecule has 268 valence electrons. The molecule has 0 bridgehead atoms. The van der Waals surface area contributed by atoms with Crippen molar-refractivity contribution in [3.63, 3.8) is 0 Å². The molecule has 6 aromatic rings. The van der Waals surface area contributed by atoms with Crippen molar-refractivity contribution in [2.45, 2.75) is 51.5 Å². The van der Waals surface area contributed by atoms with E-state index in [9.17, 15) is 0 Å². The zero-order valence-corrected chi connectivity index (χ0v) is 31.6. The summed E-state index contributed by atoms with van der Waals surface area (Å²) in [7, 11) is 2.06. The molecular formula is C50H48N4. The third-order valence-corrected chi connectivity index (χ3v) is 11.6. The molecule has 4 nitrogen and oxygen atoms in total. The Kier molecular flexibility index (Phi) is 8.91. The Morgan fingerprint density at radius 1 is 0.704 bits per heavy atom. The van der Waals surface area contributed by atoms with Gasteiger partial charge in [0.25, 0.3) is 0 Å². The molecule has 0 radical (unpaired) electrons. The van der Waals surface area contributed by atoms with E-state index in [-0.39, 0.29) is 17.7 Å². The SMILES string of the molecule is CNC(c1cccc(Nc2cc(C3=CCC(C)C=C3)ccc2-c2ccc3c(c2)-c2ccccc2C3(C)C)c1)N1C(c2ccccc2)N1Cc1ccccc1. The molecule has 1 fully saturated rings. The minimum atomic E-state index is -0.0234. The van der Waals surface area contributed by atoms with Gasteiger partial charge < -0.3 is 5.32 Å². The molecule has 1 heterocycles. The predicted molar refractivity (Wildman–Crippen MR) is 225 cm³/mol. The molecule has 54 heavy (non-hydrogen) atoms. The highest BCUT2D eigenvalue weighted by Crippen LogP contribution is 2.51. The molecule has 4 heteroatoms. The summed E-state index contributed by atoms with van der Waals surface area (Å²) in [4.78, 5) is 0. The van der Waals surface area contributed by atoms with Gasteiger partial charge in [0.15, 0.2) is 0 Å². The first-order valence-electron chi connectivity index (χ1n) is 19.3. The van der Waals surface area contributed by atoms with Gasteiger partial charge in [-0.1, -0.05) is 160 Å². The number of allylic oxidation sites excluding steroid dienone is 4. The van der Waals surface area contributed by atoms with Crippen LogP contribution in [0.5, 0.6) is 0 Å². The van der Waals surface area contributed by atoms with Crippen LogP contribution in [0.2, 0.25) is 0 Å². The lowest BCUT2D eigenvalue weighted by Crippen LogP contribution is -2.26. The Hall–Kier alpha value is -5.52. The van der Waals surface area contributed by atoms with Crippen molar-refractivity contribution in [3.8, 4) is 22.3 Å². The number of fused-ring (bicyclic) bond motifs is 3. The molecule has 9 rings (SSSR count). The molecule has 2 aliphatic carbocycles. The van der Waals surface area contributed by atoms with Gasteiger partial charge in [-0.15, -0.1) is 0 Å². The first-order valence-corrected chi connectivity index (χ1v) is 19.3. The Bertz CT molecular complexity index is 2370. The van der Waals surface area contributed by atoms with Gasteiger partial charge in [-0.05, 0) is 99.3 Å².